The minimum atomic E-state index is -0.936. The molecule has 1 aromatic rings. The van der Waals surface area contributed by atoms with Gasteiger partial charge in [-0.25, -0.2) is 9.59 Å². The lowest BCUT2D eigenvalue weighted by molar-refractivity contribution is -0.116. The van der Waals surface area contributed by atoms with E-state index >= 15 is 0 Å². The number of ether oxygens (including phenoxy) is 2. The summed E-state index contributed by atoms with van der Waals surface area (Å²) in [6.07, 6.45) is -0.0388. The van der Waals surface area contributed by atoms with Gasteiger partial charge in [0.15, 0.2) is 0 Å². The van der Waals surface area contributed by atoms with Crippen LogP contribution in [0, 0.1) is 6.92 Å². The Morgan fingerprint density at radius 3 is 2.38 bits per heavy atom. The second-order valence-corrected chi connectivity index (χ2v) is 5.75. The van der Waals surface area contributed by atoms with Crippen LogP contribution in [0.5, 0.6) is 0 Å². The lowest BCUT2D eigenvalue weighted by Crippen LogP contribution is -2.31. The van der Waals surface area contributed by atoms with Crippen molar-refractivity contribution < 1.29 is 28.7 Å². The van der Waals surface area contributed by atoms with Gasteiger partial charge in [0.25, 0.3) is 5.91 Å². The van der Waals surface area contributed by atoms with Crippen molar-refractivity contribution in [3.05, 3.63) is 16.0 Å². The van der Waals surface area contributed by atoms with E-state index in [1.54, 1.807) is 13.8 Å². The third-order valence-corrected chi connectivity index (χ3v) is 4.15. The molecule has 9 heteroatoms. The van der Waals surface area contributed by atoms with Crippen LogP contribution in [0.1, 0.15) is 52.3 Å². The highest BCUT2D eigenvalue weighted by Gasteiger charge is 2.27. The van der Waals surface area contributed by atoms with Crippen molar-refractivity contribution in [2.24, 2.45) is 0 Å². The van der Waals surface area contributed by atoms with Gasteiger partial charge < -0.3 is 14.8 Å². The van der Waals surface area contributed by atoms with Gasteiger partial charge in [-0.2, -0.15) is 0 Å². The van der Waals surface area contributed by atoms with Crippen molar-refractivity contribution in [1.82, 2.24) is 5.32 Å². The maximum Gasteiger partial charge on any atom is 0.413 e. The topological polar surface area (TPSA) is 111 Å². The van der Waals surface area contributed by atoms with E-state index in [0.29, 0.717) is 12.0 Å². The third kappa shape index (κ3) is 4.79. The molecule has 3 amide bonds. The molecule has 0 aliphatic heterocycles. The summed E-state index contributed by atoms with van der Waals surface area (Å²) in [6.45, 7) is 5.23. The summed E-state index contributed by atoms with van der Waals surface area (Å²) in [5.74, 6) is -1.65. The summed E-state index contributed by atoms with van der Waals surface area (Å²) in [7, 11) is 1.12. The zero-order valence-electron chi connectivity index (χ0n) is 14.0. The molecule has 1 rings (SSSR count). The van der Waals surface area contributed by atoms with Crippen LogP contribution >= 0.6 is 11.3 Å². The van der Waals surface area contributed by atoms with E-state index in [1.165, 1.54) is 0 Å². The van der Waals surface area contributed by atoms with E-state index in [1.807, 2.05) is 12.2 Å². The predicted molar refractivity (Wildman–Crippen MR) is 88.4 cm³/mol. The van der Waals surface area contributed by atoms with Gasteiger partial charge in [-0.05, 0) is 25.8 Å². The Labute approximate surface area is 143 Å². The van der Waals surface area contributed by atoms with Crippen LogP contribution in [0.4, 0.5) is 9.80 Å². The molecule has 0 spiro atoms. The normalized spacial score (nSPS) is 10.0. The number of hydrogen-bond acceptors (Lipinski definition) is 7. The van der Waals surface area contributed by atoms with Crippen LogP contribution in [0.2, 0.25) is 0 Å². The molecule has 0 fully saturated rings. The molecule has 0 radical (unpaired) electrons. The quantitative estimate of drug-likeness (QED) is 0.758. The number of imide groups is 1. The monoisotopic (exact) mass is 356 g/mol. The van der Waals surface area contributed by atoms with Gasteiger partial charge in [-0.15, -0.1) is 11.3 Å². The first-order valence-electron chi connectivity index (χ1n) is 7.35. The maximum atomic E-state index is 12.3. The van der Waals surface area contributed by atoms with E-state index in [-0.39, 0.29) is 34.4 Å². The van der Waals surface area contributed by atoms with Gasteiger partial charge in [0, 0.05) is 6.42 Å². The lowest BCUT2D eigenvalue weighted by atomic mass is 10.1. The molecule has 0 aliphatic carbocycles. The summed E-state index contributed by atoms with van der Waals surface area (Å²) in [6, 6.07) is 0. The number of carbonyl (C=O) groups is 4. The molecule has 0 saturated heterocycles. The molecule has 2 N–H and O–H groups in total. The van der Waals surface area contributed by atoms with Crippen LogP contribution in [-0.4, -0.2) is 37.6 Å². The van der Waals surface area contributed by atoms with Crippen molar-refractivity contribution in [2.45, 2.75) is 33.6 Å². The molecule has 8 nitrogen and oxygen atoms in total. The first-order chi connectivity index (χ1) is 11.3. The molecule has 0 aromatic carbocycles. The Morgan fingerprint density at radius 1 is 1.17 bits per heavy atom. The molecule has 0 unspecified atom stereocenters. The van der Waals surface area contributed by atoms with Crippen molar-refractivity contribution in [2.75, 3.05) is 19.0 Å². The summed E-state index contributed by atoms with van der Waals surface area (Å²) in [5.41, 5.74) is 0.365. The number of amides is 3. The molecule has 1 heterocycles. The average Bonchev–Trinajstić information content (AvgIpc) is 2.84. The van der Waals surface area contributed by atoms with Gasteiger partial charge in [0.1, 0.15) is 9.88 Å². The SMILES string of the molecule is CCCC(=O)Nc1sc(C(=O)OCC)c(C)c1C(=O)NC(=O)OC. The van der Waals surface area contributed by atoms with Crippen LogP contribution in [-0.2, 0) is 14.3 Å². The van der Waals surface area contributed by atoms with Gasteiger partial charge in [0.05, 0.1) is 19.3 Å². The van der Waals surface area contributed by atoms with E-state index in [4.69, 9.17) is 4.74 Å². The number of nitrogens with one attached hydrogen (secondary N) is 2. The molecule has 0 aliphatic rings. The highest BCUT2D eigenvalue weighted by atomic mass is 32.1. The molecule has 132 valence electrons. The smallest absolute Gasteiger partial charge is 0.413 e. The van der Waals surface area contributed by atoms with Gasteiger partial charge in [-0.3, -0.25) is 14.9 Å². The van der Waals surface area contributed by atoms with Gasteiger partial charge in [-0.1, -0.05) is 6.92 Å². The fraction of sp³-hybridized carbons (Fsp3) is 0.467. The van der Waals surface area contributed by atoms with E-state index < -0.39 is 18.0 Å². The van der Waals surface area contributed by atoms with Crippen LogP contribution in [0.25, 0.3) is 0 Å². The summed E-state index contributed by atoms with van der Waals surface area (Å²) >= 11 is 0.932. The zero-order chi connectivity index (χ0) is 18.3. The number of carbonyl (C=O) groups excluding carboxylic acids is 4. The first kappa shape index (κ1) is 19.6. The largest absolute Gasteiger partial charge is 0.462 e. The Balaban J connectivity index is 3.25. The Kier molecular flexibility index (Phi) is 7.37. The summed E-state index contributed by atoms with van der Waals surface area (Å²) in [5, 5.41) is 4.81. The van der Waals surface area contributed by atoms with Crippen molar-refractivity contribution >= 4 is 40.2 Å². The standard InChI is InChI=1S/C15H20N2O6S/c1-5-7-9(18)16-13-10(12(19)17-15(21)22-4)8(3)11(24-13)14(20)23-6-2/h5-7H2,1-4H3,(H,16,18)(H,17,19,21). The molecular weight excluding hydrogens is 336 g/mol. The molecule has 1 aromatic heterocycles. The second kappa shape index (κ2) is 9.02. The highest BCUT2D eigenvalue weighted by Crippen LogP contribution is 2.33. The number of rotatable bonds is 6. The fourth-order valence-corrected chi connectivity index (χ4v) is 3.00. The number of hydrogen-bond donors (Lipinski definition) is 2. The molecule has 24 heavy (non-hydrogen) atoms. The summed E-state index contributed by atoms with van der Waals surface area (Å²) < 4.78 is 9.34. The maximum absolute atomic E-state index is 12.3. The van der Waals surface area contributed by atoms with Crippen molar-refractivity contribution in [3.8, 4) is 0 Å². The van der Waals surface area contributed by atoms with Crippen molar-refractivity contribution in [3.63, 3.8) is 0 Å². The van der Waals surface area contributed by atoms with E-state index in [2.05, 4.69) is 10.1 Å². The van der Waals surface area contributed by atoms with Crippen molar-refractivity contribution in [1.29, 1.82) is 0 Å². The Hall–Kier alpha value is -2.42. The number of methoxy groups -OCH3 is 1. The highest BCUT2D eigenvalue weighted by molar-refractivity contribution is 7.18. The third-order valence-electron chi connectivity index (χ3n) is 2.97. The average molecular weight is 356 g/mol. The van der Waals surface area contributed by atoms with Gasteiger partial charge in [0.2, 0.25) is 5.91 Å². The zero-order valence-corrected chi connectivity index (χ0v) is 14.8. The van der Waals surface area contributed by atoms with Crippen LogP contribution < -0.4 is 10.6 Å². The van der Waals surface area contributed by atoms with E-state index in [9.17, 15) is 19.2 Å². The number of anilines is 1. The predicted octanol–water partition coefficient (Wildman–Crippen LogP) is 2.47. The minimum absolute atomic E-state index is 0.0397. The minimum Gasteiger partial charge on any atom is -0.462 e. The van der Waals surface area contributed by atoms with Crippen LogP contribution in [0.15, 0.2) is 0 Å². The number of alkyl carbamates (subject to hydrolysis) is 1. The Morgan fingerprint density at radius 2 is 1.83 bits per heavy atom. The molecule has 0 saturated carbocycles. The molecular formula is C15H20N2O6S. The van der Waals surface area contributed by atoms with Gasteiger partial charge >= 0.3 is 12.1 Å². The van der Waals surface area contributed by atoms with E-state index in [0.717, 1.165) is 18.4 Å². The fourth-order valence-electron chi connectivity index (χ4n) is 1.89. The molecule has 0 atom stereocenters. The second-order valence-electron chi connectivity index (χ2n) is 4.72. The first-order valence-corrected chi connectivity index (χ1v) is 8.16. The Bertz CT molecular complexity index is 653. The number of thiophene rings is 1. The summed E-state index contributed by atoms with van der Waals surface area (Å²) in [4.78, 5) is 47.6. The lowest BCUT2D eigenvalue weighted by Gasteiger charge is -2.07. The molecule has 0 bridgehead atoms. The van der Waals surface area contributed by atoms with Crippen LogP contribution in [0.3, 0.4) is 0 Å². The number of esters is 1.